The number of rotatable bonds is 5. The molecule has 0 spiro atoms. The van der Waals surface area contributed by atoms with Crippen LogP contribution in [0, 0.1) is 5.92 Å². The van der Waals surface area contributed by atoms with Gasteiger partial charge in [-0.25, -0.2) is 4.79 Å². The number of hydrogen-bond donors (Lipinski definition) is 3. The number of carbonyl (C=O) groups excluding carboxylic acids is 2. The number of amides is 3. The quantitative estimate of drug-likeness (QED) is 0.690. The first-order chi connectivity index (χ1) is 10.1. The Kier molecular flexibility index (Phi) is 5.41. The molecule has 1 heterocycles. The van der Waals surface area contributed by atoms with E-state index < -0.39 is 11.9 Å². The van der Waals surface area contributed by atoms with Gasteiger partial charge in [0, 0.05) is 32.1 Å². The maximum Gasteiger partial charge on any atom is 0.315 e. The van der Waals surface area contributed by atoms with E-state index in [9.17, 15) is 14.4 Å². The Bertz CT molecular complexity index is 407. The second kappa shape index (κ2) is 7.28. The predicted molar refractivity (Wildman–Crippen MR) is 75.7 cm³/mol. The van der Waals surface area contributed by atoms with Crippen molar-refractivity contribution in [3.63, 3.8) is 0 Å². The minimum atomic E-state index is -0.859. The van der Waals surface area contributed by atoms with Gasteiger partial charge in [0.05, 0.1) is 5.92 Å². The number of nitrogens with one attached hydrogen (secondary N) is 2. The van der Waals surface area contributed by atoms with E-state index in [1.165, 1.54) is 0 Å². The van der Waals surface area contributed by atoms with Crippen molar-refractivity contribution in [3.05, 3.63) is 0 Å². The molecule has 0 aromatic rings. The summed E-state index contributed by atoms with van der Waals surface area (Å²) in [4.78, 5) is 36.4. The molecule has 2 atom stereocenters. The summed E-state index contributed by atoms with van der Waals surface area (Å²) >= 11 is 0. The Morgan fingerprint density at radius 3 is 2.48 bits per heavy atom. The van der Waals surface area contributed by atoms with Gasteiger partial charge >= 0.3 is 12.0 Å². The van der Waals surface area contributed by atoms with Crippen molar-refractivity contribution in [2.45, 2.75) is 44.6 Å². The fourth-order valence-electron chi connectivity index (χ4n) is 3.06. The summed E-state index contributed by atoms with van der Waals surface area (Å²) in [5, 5.41) is 14.4. The number of aliphatic carboxylic acids is 1. The number of hydrogen-bond acceptors (Lipinski definition) is 3. The second-order valence-corrected chi connectivity index (χ2v) is 5.72. The Morgan fingerprint density at radius 2 is 1.81 bits per heavy atom. The molecule has 21 heavy (non-hydrogen) atoms. The zero-order valence-electron chi connectivity index (χ0n) is 12.1. The summed E-state index contributed by atoms with van der Waals surface area (Å²) in [7, 11) is 0. The van der Waals surface area contributed by atoms with Crippen molar-refractivity contribution >= 4 is 17.9 Å². The molecule has 7 heteroatoms. The van der Waals surface area contributed by atoms with Gasteiger partial charge in [0.1, 0.15) is 0 Å². The summed E-state index contributed by atoms with van der Waals surface area (Å²) in [6.45, 7) is 1.91. The standard InChI is InChI=1S/C14H23N3O4/c18-12(17-8-1-2-9-17)6-7-15-14(21)16-11-5-3-4-10(11)13(19)20/h10-11H,1-9H2,(H,19,20)(H2,15,16,21). The van der Waals surface area contributed by atoms with E-state index in [0.717, 1.165) is 32.4 Å². The van der Waals surface area contributed by atoms with Gasteiger partial charge in [-0.3, -0.25) is 9.59 Å². The monoisotopic (exact) mass is 297 g/mol. The number of urea groups is 1. The molecule has 2 fully saturated rings. The molecule has 2 aliphatic rings. The molecule has 0 aromatic heterocycles. The van der Waals surface area contributed by atoms with E-state index in [0.29, 0.717) is 19.3 Å². The third-order valence-corrected chi connectivity index (χ3v) is 4.23. The minimum Gasteiger partial charge on any atom is -0.481 e. The SMILES string of the molecule is O=C(NCCC(=O)N1CCCC1)NC1CCCC1C(=O)O. The predicted octanol–water partition coefficient (Wildman–Crippen LogP) is 0.551. The largest absolute Gasteiger partial charge is 0.481 e. The zero-order valence-corrected chi connectivity index (χ0v) is 12.1. The molecule has 118 valence electrons. The van der Waals surface area contributed by atoms with Gasteiger partial charge in [-0.2, -0.15) is 0 Å². The number of carbonyl (C=O) groups is 3. The van der Waals surface area contributed by atoms with E-state index in [-0.39, 0.29) is 24.5 Å². The summed E-state index contributed by atoms with van der Waals surface area (Å²) in [5.74, 6) is -1.29. The summed E-state index contributed by atoms with van der Waals surface area (Å²) in [6, 6.07) is -0.695. The highest BCUT2D eigenvalue weighted by Crippen LogP contribution is 2.25. The van der Waals surface area contributed by atoms with Gasteiger partial charge in [0.25, 0.3) is 0 Å². The third kappa shape index (κ3) is 4.34. The lowest BCUT2D eigenvalue weighted by atomic mass is 10.0. The van der Waals surface area contributed by atoms with Crippen molar-refractivity contribution in [2.75, 3.05) is 19.6 Å². The lowest BCUT2D eigenvalue weighted by Crippen LogP contribution is -2.46. The average molecular weight is 297 g/mol. The molecule has 1 aliphatic heterocycles. The van der Waals surface area contributed by atoms with Crippen molar-refractivity contribution < 1.29 is 19.5 Å². The molecule has 0 radical (unpaired) electrons. The lowest BCUT2D eigenvalue weighted by molar-refractivity contribution is -0.142. The normalized spacial score (nSPS) is 24.9. The lowest BCUT2D eigenvalue weighted by Gasteiger charge is -2.18. The van der Waals surface area contributed by atoms with Gasteiger partial charge in [-0.1, -0.05) is 6.42 Å². The first-order valence-electron chi connectivity index (χ1n) is 7.63. The molecule has 7 nitrogen and oxygen atoms in total. The van der Waals surface area contributed by atoms with Gasteiger partial charge < -0.3 is 20.6 Å². The highest BCUT2D eigenvalue weighted by atomic mass is 16.4. The summed E-state index contributed by atoms with van der Waals surface area (Å²) in [6.07, 6.45) is 4.51. The second-order valence-electron chi connectivity index (χ2n) is 5.72. The maximum atomic E-state index is 11.8. The van der Waals surface area contributed by atoms with Gasteiger partial charge in [-0.05, 0) is 25.7 Å². The molecule has 1 saturated heterocycles. The third-order valence-electron chi connectivity index (χ3n) is 4.23. The smallest absolute Gasteiger partial charge is 0.315 e. The zero-order chi connectivity index (χ0) is 15.2. The Morgan fingerprint density at radius 1 is 1.10 bits per heavy atom. The molecule has 0 bridgehead atoms. The molecule has 3 N–H and O–H groups in total. The topological polar surface area (TPSA) is 98.7 Å². The van der Waals surface area contributed by atoms with Crippen molar-refractivity contribution in [1.29, 1.82) is 0 Å². The molecular formula is C14H23N3O4. The van der Waals surface area contributed by atoms with E-state index in [4.69, 9.17) is 5.11 Å². The van der Waals surface area contributed by atoms with Gasteiger partial charge in [-0.15, -0.1) is 0 Å². The first kappa shape index (κ1) is 15.6. The van der Waals surface area contributed by atoms with E-state index in [2.05, 4.69) is 10.6 Å². The van der Waals surface area contributed by atoms with E-state index in [1.54, 1.807) is 0 Å². The highest BCUT2D eigenvalue weighted by Gasteiger charge is 2.33. The van der Waals surface area contributed by atoms with E-state index in [1.807, 2.05) is 4.90 Å². The first-order valence-corrected chi connectivity index (χ1v) is 7.63. The van der Waals surface area contributed by atoms with Crippen LogP contribution in [0.1, 0.15) is 38.5 Å². The number of nitrogens with zero attached hydrogens (tertiary/aromatic N) is 1. The van der Waals surface area contributed by atoms with Crippen LogP contribution in [0.25, 0.3) is 0 Å². The number of likely N-dealkylation sites (tertiary alicyclic amines) is 1. The van der Waals surface area contributed by atoms with Crippen LogP contribution >= 0.6 is 0 Å². The molecule has 3 amide bonds. The molecular weight excluding hydrogens is 274 g/mol. The van der Waals surface area contributed by atoms with Crippen LogP contribution in [-0.4, -0.2) is 53.6 Å². The molecule has 0 aromatic carbocycles. The summed E-state index contributed by atoms with van der Waals surface area (Å²) in [5.41, 5.74) is 0. The van der Waals surface area contributed by atoms with Crippen LogP contribution in [0.2, 0.25) is 0 Å². The van der Waals surface area contributed by atoms with Crippen LogP contribution in [-0.2, 0) is 9.59 Å². The highest BCUT2D eigenvalue weighted by molar-refractivity contribution is 5.79. The van der Waals surface area contributed by atoms with E-state index >= 15 is 0 Å². The number of carboxylic acids is 1. The Labute approximate surface area is 124 Å². The van der Waals surface area contributed by atoms with Crippen LogP contribution < -0.4 is 10.6 Å². The minimum absolute atomic E-state index is 0.0667. The van der Waals surface area contributed by atoms with Gasteiger partial charge in [0.2, 0.25) is 5.91 Å². The maximum absolute atomic E-state index is 11.8. The van der Waals surface area contributed by atoms with Crippen molar-refractivity contribution in [2.24, 2.45) is 5.92 Å². The Balaban J connectivity index is 1.65. The molecule has 1 saturated carbocycles. The Hall–Kier alpha value is -1.79. The molecule has 2 rings (SSSR count). The van der Waals surface area contributed by atoms with Crippen molar-refractivity contribution in [1.82, 2.24) is 15.5 Å². The van der Waals surface area contributed by atoms with Crippen molar-refractivity contribution in [3.8, 4) is 0 Å². The number of carboxylic acid groups (broad SMARTS) is 1. The fraction of sp³-hybridized carbons (Fsp3) is 0.786. The van der Waals surface area contributed by atoms with Crippen LogP contribution in [0.15, 0.2) is 0 Å². The van der Waals surface area contributed by atoms with Gasteiger partial charge in [0.15, 0.2) is 0 Å². The molecule has 2 unspecified atom stereocenters. The average Bonchev–Trinajstić information content (AvgIpc) is 3.09. The summed E-state index contributed by atoms with van der Waals surface area (Å²) < 4.78 is 0. The van der Waals surface area contributed by atoms with Crippen LogP contribution in [0.5, 0.6) is 0 Å². The fourth-order valence-corrected chi connectivity index (χ4v) is 3.06. The van der Waals surface area contributed by atoms with Crippen LogP contribution in [0.3, 0.4) is 0 Å². The molecule has 1 aliphatic carbocycles. The van der Waals surface area contributed by atoms with Crippen LogP contribution in [0.4, 0.5) is 4.79 Å².